The van der Waals surface area contributed by atoms with Crippen molar-refractivity contribution in [3.63, 3.8) is 0 Å². The van der Waals surface area contributed by atoms with Crippen molar-refractivity contribution in [3.8, 4) is 0 Å². The highest BCUT2D eigenvalue weighted by molar-refractivity contribution is 5.88. The molecule has 0 radical (unpaired) electrons. The number of carboxylic acids is 1. The largest absolute Gasteiger partial charge is 0.481 e. The van der Waals surface area contributed by atoms with Crippen molar-refractivity contribution in [1.82, 2.24) is 5.32 Å². The van der Waals surface area contributed by atoms with E-state index in [0.29, 0.717) is 12.6 Å². The van der Waals surface area contributed by atoms with Gasteiger partial charge < -0.3 is 15.3 Å². The second-order valence-electron chi connectivity index (χ2n) is 6.78. The van der Waals surface area contributed by atoms with Crippen LogP contribution in [0.2, 0.25) is 0 Å². The van der Waals surface area contributed by atoms with E-state index in [1.54, 1.807) is 0 Å². The zero-order valence-corrected chi connectivity index (χ0v) is 14.3. The molecule has 0 atom stereocenters. The summed E-state index contributed by atoms with van der Waals surface area (Å²) >= 11 is 0. The van der Waals surface area contributed by atoms with Gasteiger partial charge in [-0.3, -0.25) is 4.79 Å². The van der Waals surface area contributed by atoms with E-state index < -0.39 is 5.97 Å². The molecule has 2 aliphatic rings. The van der Waals surface area contributed by atoms with Crippen molar-refractivity contribution in [2.75, 3.05) is 18.0 Å². The number of fused-ring (bicyclic) bond motifs is 1. The van der Waals surface area contributed by atoms with Crippen LogP contribution in [0.1, 0.15) is 43.7 Å². The number of allylic oxidation sites excluding steroid dienone is 2. The number of hydrogen-bond acceptors (Lipinski definition) is 3. The summed E-state index contributed by atoms with van der Waals surface area (Å²) in [6, 6.07) is 7.39. The Bertz CT molecular complexity index is 674. The second-order valence-corrected chi connectivity index (χ2v) is 6.78. The summed E-state index contributed by atoms with van der Waals surface area (Å²) in [5, 5.41) is 11.8. The van der Waals surface area contributed by atoms with Crippen LogP contribution in [0.3, 0.4) is 0 Å². The van der Waals surface area contributed by atoms with Gasteiger partial charge in [-0.1, -0.05) is 12.6 Å². The molecule has 1 aromatic rings. The summed E-state index contributed by atoms with van der Waals surface area (Å²) in [4.78, 5) is 12.9. The van der Waals surface area contributed by atoms with E-state index in [9.17, 15) is 4.79 Å². The van der Waals surface area contributed by atoms with Gasteiger partial charge in [-0.25, -0.2) is 0 Å². The Hall–Kier alpha value is -2.07. The van der Waals surface area contributed by atoms with E-state index in [2.05, 4.69) is 48.1 Å². The van der Waals surface area contributed by atoms with Crippen LogP contribution in [0.4, 0.5) is 5.69 Å². The highest BCUT2D eigenvalue weighted by Crippen LogP contribution is 2.42. The molecule has 1 saturated carbocycles. The Labute approximate surface area is 143 Å². The molecule has 24 heavy (non-hydrogen) atoms. The number of aryl methyl sites for hydroxylation is 1. The van der Waals surface area contributed by atoms with E-state index >= 15 is 0 Å². The van der Waals surface area contributed by atoms with Crippen LogP contribution in [0.15, 0.2) is 36.6 Å². The first-order chi connectivity index (χ1) is 11.6. The molecule has 4 nitrogen and oxygen atoms in total. The van der Waals surface area contributed by atoms with Gasteiger partial charge in [-0.2, -0.15) is 0 Å². The van der Waals surface area contributed by atoms with Crippen molar-refractivity contribution in [3.05, 3.63) is 47.7 Å². The fraction of sp³-hybridized carbons (Fsp3) is 0.450. The molecule has 3 rings (SSSR count). The third kappa shape index (κ3) is 3.88. The van der Waals surface area contributed by atoms with Crippen LogP contribution in [-0.4, -0.2) is 30.2 Å². The maximum Gasteiger partial charge on any atom is 0.304 e. The molecule has 1 aliphatic carbocycles. The highest BCUT2D eigenvalue weighted by Gasteiger charge is 2.32. The number of aliphatic carboxylic acids is 1. The number of hydrogen-bond donors (Lipinski definition) is 2. The van der Waals surface area contributed by atoms with Crippen molar-refractivity contribution >= 4 is 17.2 Å². The SMILES string of the molecule is C=C1C(C)=CN(C2CC2)c2ccc(CCCNCCC(=O)O)cc21. The third-order valence-corrected chi connectivity index (χ3v) is 4.75. The number of carbonyl (C=O) groups is 1. The van der Waals surface area contributed by atoms with Crippen molar-refractivity contribution in [2.24, 2.45) is 0 Å². The highest BCUT2D eigenvalue weighted by atomic mass is 16.4. The molecule has 0 unspecified atom stereocenters. The normalized spacial score (nSPS) is 16.8. The predicted octanol–water partition coefficient (Wildman–Crippen LogP) is 3.58. The van der Waals surface area contributed by atoms with Gasteiger partial charge in [0.15, 0.2) is 0 Å². The number of rotatable bonds is 8. The van der Waals surface area contributed by atoms with Gasteiger partial charge >= 0.3 is 5.97 Å². The summed E-state index contributed by atoms with van der Waals surface area (Å²) in [5.74, 6) is -0.751. The monoisotopic (exact) mass is 326 g/mol. The minimum Gasteiger partial charge on any atom is -0.481 e. The lowest BCUT2D eigenvalue weighted by Crippen LogP contribution is -2.23. The molecule has 0 saturated heterocycles. The summed E-state index contributed by atoms with van der Waals surface area (Å²) in [6.45, 7) is 7.79. The van der Waals surface area contributed by atoms with Crippen molar-refractivity contribution in [2.45, 2.75) is 45.1 Å². The summed E-state index contributed by atoms with van der Waals surface area (Å²) in [5.41, 5.74) is 6.25. The minimum absolute atomic E-state index is 0.182. The van der Waals surface area contributed by atoms with Gasteiger partial charge in [0.25, 0.3) is 0 Å². The third-order valence-electron chi connectivity index (χ3n) is 4.75. The van der Waals surface area contributed by atoms with Crippen LogP contribution in [0.5, 0.6) is 0 Å². The molecule has 1 aliphatic heterocycles. The van der Waals surface area contributed by atoms with E-state index in [1.165, 1.54) is 35.2 Å². The van der Waals surface area contributed by atoms with Gasteiger partial charge in [0, 0.05) is 30.0 Å². The number of nitrogens with zero attached hydrogens (tertiary/aromatic N) is 1. The zero-order valence-electron chi connectivity index (χ0n) is 14.3. The Morgan fingerprint density at radius 2 is 2.17 bits per heavy atom. The molecular weight excluding hydrogens is 300 g/mol. The topological polar surface area (TPSA) is 52.6 Å². The molecule has 0 spiro atoms. The lowest BCUT2D eigenvalue weighted by molar-refractivity contribution is -0.136. The van der Waals surface area contributed by atoms with Crippen LogP contribution >= 0.6 is 0 Å². The van der Waals surface area contributed by atoms with E-state index in [0.717, 1.165) is 25.0 Å². The molecule has 2 N–H and O–H groups in total. The zero-order chi connectivity index (χ0) is 17.1. The van der Waals surface area contributed by atoms with Crippen LogP contribution < -0.4 is 10.2 Å². The first-order valence-electron chi connectivity index (χ1n) is 8.78. The predicted molar refractivity (Wildman–Crippen MR) is 98.2 cm³/mol. The van der Waals surface area contributed by atoms with Crippen LogP contribution in [-0.2, 0) is 11.2 Å². The molecule has 0 aromatic heterocycles. The molecule has 1 fully saturated rings. The summed E-state index contributed by atoms with van der Waals surface area (Å²) < 4.78 is 0. The van der Waals surface area contributed by atoms with Gasteiger partial charge in [-0.05, 0) is 68.0 Å². The molecular formula is C20H26N2O2. The lowest BCUT2D eigenvalue weighted by Gasteiger charge is -2.30. The maximum atomic E-state index is 10.5. The Morgan fingerprint density at radius 3 is 2.88 bits per heavy atom. The molecule has 0 amide bonds. The smallest absolute Gasteiger partial charge is 0.304 e. The number of carboxylic acid groups (broad SMARTS) is 1. The number of anilines is 1. The Kier molecular flexibility index (Phi) is 5.05. The summed E-state index contributed by atoms with van der Waals surface area (Å²) in [6.07, 6.45) is 6.98. The molecule has 128 valence electrons. The molecule has 4 heteroatoms. The Morgan fingerprint density at radius 1 is 1.38 bits per heavy atom. The van der Waals surface area contributed by atoms with Gasteiger partial charge in [0.2, 0.25) is 0 Å². The fourth-order valence-electron chi connectivity index (χ4n) is 3.17. The van der Waals surface area contributed by atoms with Crippen molar-refractivity contribution in [1.29, 1.82) is 0 Å². The van der Waals surface area contributed by atoms with Gasteiger partial charge in [0.05, 0.1) is 6.42 Å². The average Bonchev–Trinajstić information content (AvgIpc) is 3.39. The van der Waals surface area contributed by atoms with E-state index in [4.69, 9.17) is 5.11 Å². The minimum atomic E-state index is -0.751. The summed E-state index contributed by atoms with van der Waals surface area (Å²) in [7, 11) is 0. The van der Waals surface area contributed by atoms with Crippen LogP contribution in [0.25, 0.3) is 5.57 Å². The maximum absolute atomic E-state index is 10.5. The average molecular weight is 326 g/mol. The van der Waals surface area contributed by atoms with Crippen molar-refractivity contribution < 1.29 is 9.90 Å². The van der Waals surface area contributed by atoms with Gasteiger partial charge in [0.1, 0.15) is 0 Å². The quantitative estimate of drug-likeness (QED) is 0.717. The fourth-order valence-corrected chi connectivity index (χ4v) is 3.17. The molecule has 1 aromatic carbocycles. The molecule has 1 heterocycles. The van der Waals surface area contributed by atoms with Crippen LogP contribution in [0, 0.1) is 0 Å². The number of nitrogens with one attached hydrogen (secondary N) is 1. The Balaban J connectivity index is 1.60. The molecule has 0 bridgehead atoms. The first kappa shape index (κ1) is 16.8. The van der Waals surface area contributed by atoms with E-state index in [-0.39, 0.29) is 6.42 Å². The lowest BCUT2D eigenvalue weighted by atomic mass is 9.93. The number of benzene rings is 1. The standard InChI is InChI=1S/C20H26N2O2/c1-14-13-22(17-6-7-17)19-8-5-16(12-18(19)15(14)2)4-3-10-21-11-9-20(23)24/h5,8,12-13,17,21H,2-4,6-7,9-11H2,1H3,(H,23,24). The van der Waals surface area contributed by atoms with Gasteiger partial charge in [-0.15, -0.1) is 0 Å². The second kappa shape index (κ2) is 7.22. The first-order valence-corrected chi connectivity index (χ1v) is 8.78. The van der Waals surface area contributed by atoms with E-state index in [1.807, 2.05) is 0 Å².